The molecular weight excluding hydrogens is 260 g/mol. The SMILES string of the molecule is CC(CN(C)CC1CSc2ccccc21)C(N)=S. The zero-order valence-corrected chi connectivity index (χ0v) is 12.6. The molecule has 2 nitrogen and oxygen atoms in total. The van der Waals surface area contributed by atoms with Crippen LogP contribution in [-0.2, 0) is 0 Å². The maximum absolute atomic E-state index is 5.67. The van der Waals surface area contributed by atoms with E-state index in [1.165, 1.54) is 16.2 Å². The molecule has 18 heavy (non-hydrogen) atoms. The Kier molecular flexibility index (Phi) is 4.65. The van der Waals surface area contributed by atoms with Gasteiger partial charge in [-0.2, -0.15) is 0 Å². The Hall–Kier alpha value is -0.580. The molecular formula is C14H20N2S2. The second-order valence-corrected chi connectivity index (χ2v) is 6.60. The molecule has 2 atom stereocenters. The van der Waals surface area contributed by atoms with Crippen molar-refractivity contribution in [3.8, 4) is 0 Å². The molecule has 2 rings (SSSR count). The van der Waals surface area contributed by atoms with Gasteiger partial charge in [-0.1, -0.05) is 37.3 Å². The van der Waals surface area contributed by atoms with Crippen LogP contribution in [-0.4, -0.2) is 35.8 Å². The number of hydrogen-bond acceptors (Lipinski definition) is 3. The van der Waals surface area contributed by atoms with Crippen LogP contribution in [0.15, 0.2) is 29.2 Å². The Morgan fingerprint density at radius 3 is 3.00 bits per heavy atom. The topological polar surface area (TPSA) is 29.3 Å². The number of benzene rings is 1. The van der Waals surface area contributed by atoms with Crippen molar-refractivity contribution >= 4 is 29.0 Å². The number of thioether (sulfide) groups is 1. The largest absolute Gasteiger partial charge is 0.393 e. The van der Waals surface area contributed by atoms with E-state index in [0.29, 0.717) is 10.9 Å². The van der Waals surface area contributed by atoms with Gasteiger partial charge in [0, 0.05) is 35.6 Å². The molecule has 1 heterocycles. The fraction of sp³-hybridized carbons (Fsp3) is 0.500. The molecule has 98 valence electrons. The average molecular weight is 280 g/mol. The zero-order valence-electron chi connectivity index (χ0n) is 10.9. The molecule has 0 amide bonds. The van der Waals surface area contributed by atoms with Crippen LogP contribution in [0, 0.1) is 5.92 Å². The maximum Gasteiger partial charge on any atom is 0.0768 e. The summed E-state index contributed by atoms with van der Waals surface area (Å²) < 4.78 is 0. The van der Waals surface area contributed by atoms with Crippen LogP contribution in [0.1, 0.15) is 18.4 Å². The molecule has 1 aromatic carbocycles. The number of likely N-dealkylation sites (N-methyl/N-ethyl adjacent to an activating group) is 1. The predicted octanol–water partition coefficient (Wildman–Crippen LogP) is 2.73. The van der Waals surface area contributed by atoms with Crippen LogP contribution in [0.5, 0.6) is 0 Å². The number of fused-ring (bicyclic) bond motifs is 1. The van der Waals surface area contributed by atoms with Crippen LogP contribution >= 0.6 is 24.0 Å². The molecule has 0 saturated heterocycles. The normalized spacial score (nSPS) is 19.8. The summed E-state index contributed by atoms with van der Waals surface area (Å²) in [6.07, 6.45) is 0. The summed E-state index contributed by atoms with van der Waals surface area (Å²) in [6.45, 7) is 4.12. The van der Waals surface area contributed by atoms with Gasteiger partial charge in [0.1, 0.15) is 0 Å². The van der Waals surface area contributed by atoms with Crippen molar-refractivity contribution in [3.63, 3.8) is 0 Å². The Bertz CT molecular complexity index is 434. The molecule has 0 radical (unpaired) electrons. The van der Waals surface area contributed by atoms with Crippen LogP contribution < -0.4 is 5.73 Å². The first-order valence-corrected chi connectivity index (χ1v) is 7.67. The van der Waals surface area contributed by atoms with Crippen molar-refractivity contribution in [2.45, 2.75) is 17.7 Å². The highest BCUT2D eigenvalue weighted by molar-refractivity contribution is 7.99. The van der Waals surface area contributed by atoms with Gasteiger partial charge in [-0.05, 0) is 18.7 Å². The van der Waals surface area contributed by atoms with Crippen molar-refractivity contribution in [2.75, 3.05) is 25.9 Å². The lowest BCUT2D eigenvalue weighted by molar-refractivity contribution is 0.301. The zero-order chi connectivity index (χ0) is 13.1. The molecule has 4 heteroatoms. The summed E-state index contributed by atoms with van der Waals surface area (Å²) in [4.78, 5) is 4.40. The van der Waals surface area contributed by atoms with Crippen molar-refractivity contribution < 1.29 is 0 Å². The van der Waals surface area contributed by atoms with Gasteiger partial charge in [-0.15, -0.1) is 11.8 Å². The maximum atomic E-state index is 5.67. The Morgan fingerprint density at radius 1 is 1.56 bits per heavy atom. The molecule has 2 N–H and O–H groups in total. The summed E-state index contributed by atoms with van der Waals surface area (Å²) in [7, 11) is 2.15. The second-order valence-electron chi connectivity index (χ2n) is 5.07. The molecule has 0 spiro atoms. The van der Waals surface area contributed by atoms with Gasteiger partial charge in [0.25, 0.3) is 0 Å². The second kappa shape index (κ2) is 6.04. The first-order chi connectivity index (χ1) is 8.58. The minimum atomic E-state index is 0.286. The van der Waals surface area contributed by atoms with Crippen molar-refractivity contribution in [1.82, 2.24) is 4.90 Å². The molecule has 0 aromatic heterocycles. The highest BCUT2D eigenvalue weighted by atomic mass is 32.2. The minimum absolute atomic E-state index is 0.286. The van der Waals surface area contributed by atoms with E-state index >= 15 is 0 Å². The fourth-order valence-corrected chi connectivity index (χ4v) is 3.71. The standard InChI is InChI=1S/C14H20N2S2/c1-10(14(15)17)7-16(2)8-11-9-18-13-6-4-3-5-12(11)13/h3-6,10-11H,7-9H2,1-2H3,(H2,15,17). The van der Waals surface area contributed by atoms with Crippen LogP contribution in [0.4, 0.5) is 0 Å². The summed E-state index contributed by atoms with van der Waals surface area (Å²) in [5, 5.41) is 0. The molecule has 1 aromatic rings. The quantitative estimate of drug-likeness (QED) is 0.840. The number of thiocarbonyl (C=S) groups is 1. The number of rotatable bonds is 5. The van der Waals surface area contributed by atoms with Crippen LogP contribution in [0.25, 0.3) is 0 Å². The number of hydrogen-bond donors (Lipinski definition) is 1. The first kappa shape index (κ1) is 13.8. The summed E-state index contributed by atoms with van der Waals surface area (Å²) in [5.74, 6) is 2.11. The highest BCUT2D eigenvalue weighted by Gasteiger charge is 2.24. The van der Waals surface area contributed by atoms with Crippen molar-refractivity contribution in [3.05, 3.63) is 29.8 Å². The van der Waals surface area contributed by atoms with Gasteiger partial charge in [0.2, 0.25) is 0 Å². The van der Waals surface area contributed by atoms with E-state index in [0.717, 1.165) is 13.1 Å². The van der Waals surface area contributed by atoms with Gasteiger partial charge in [-0.25, -0.2) is 0 Å². The molecule has 0 fully saturated rings. The van der Waals surface area contributed by atoms with E-state index < -0.39 is 0 Å². The Balaban J connectivity index is 1.93. The lowest BCUT2D eigenvalue weighted by Crippen LogP contribution is -2.34. The van der Waals surface area contributed by atoms with Crippen molar-refractivity contribution in [2.24, 2.45) is 11.7 Å². The molecule has 0 bridgehead atoms. The van der Waals surface area contributed by atoms with Crippen LogP contribution in [0.2, 0.25) is 0 Å². The van der Waals surface area contributed by atoms with E-state index in [9.17, 15) is 0 Å². The van der Waals surface area contributed by atoms with E-state index in [4.69, 9.17) is 18.0 Å². The van der Waals surface area contributed by atoms with Crippen molar-refractivity contribution in [1.29, 1.82) is 0 Å². The smallest absolute Gasteiger partial charge is 0.0768 e. The van der Waals surface area contributed by atoms with Gasteiger partial charge >= 0.3 is 0 Å². The number of nitrogens with zero attached hydrogens (tertiary/aromatic N) is 1. The average Bonchev–Trinajstić information content (AvgIpc) is 2.72. The molecule has 2 unspecified atom stereocenters. The van der Waals surface area contributed by atoms with Gasteiger partial charge < -0.3 is 10.6 Å². The van der Waals surface area contributed by atoms with E-state index in [-0.39, 0.29) is 5.92 Å². The molecule has 0 aliphatic carbocycles. The van der Waals surface area contributed by atoms with Crippen LogP contribution in [0.3, 0.4) is 0 Å². The Morgan fingerprint density at radius 2 is 2.28 bits per heavy atom. The van der Waals surface area contributed by atoms with E-state index in [2.05, 4.69) is 43.1 Å². The highest BCUT2D eigenvalue weighted by Crippen LogP contribution is 2.39. The summed E-state index contributed by atoms with van der Waals surface area (Å²) in [6, 6.07) is 8.73. The third kappa shape index (κ3) is 3.25. The lowest BCUT2D eigenvalue weighted by Gasteiger charge is -2.24. The van der Waals surface area contributed by atoms with Gasteiger partial charge in [-0.3, -0.25) is 0 Å². The minimum Gasteiger partial charge on any atom is -0.393 e. The molecule has 0 saturated carbocycles. The van der Waals surface area contributed by atoms with E-state index in [1.807, 2.05) is 11.8 Å². The lowest BCUT2D eigenvalue weighted by atomic mass is 10.0. The number of nitrogens with two attached hydrogens (primary N) is 1. The molecule has 1 aliphatic heterocycles. The fourth-order valence-electron chi connectivity index (χ4n) is 2.39. The van der Waals surface area contributed by atoms with Gasteiger partial charge in [0.15, 0.2) is 0 Å². The first-order valence-electron chi connectivity index (χ1n) is 6.27. The monoisotopic (exact) mass is 280 g/mol. The summed E-state index contributed by atoms with van der Waals surface area (Å²) >= 11 is 7.00. The van der Waals surface area contributed by atoms with E-state index in [1.54, 1.807) is 0 Å². The predicted molar refractivity (Wildman–Crippen MR) is 83.4 cm³/mol. The van der Waals surface area contributed by atoms with Gasteiger partial charge in [0.05, 0.1) is 4.99 Å². The Labute approximate surface area is 119 Å². The third-order valence-electron chi connectivity index (χ3n) is 3.40. The molecule has 1 aliphatic rings. The summed E-state index contributed by atoms with van der Waals surface area (Å²) in [5.41, 5.74) is 7.17. The third-order valence-corrected chi connectivity index (χ3v) is 5.06.